The van der Waals surface area contributed by atoms with Gasteiger partial charge in [-0.3, -0.25) is 15.0 Å². The maximum atomic E-state index is 11.0. The molecule has 1 aromatic rings. The van der Waals surface area contributed by atoms with Gasteiger partial charge in [0.1, 0.15) is 0 Å². The number of hydrogen-bond acceptors (Lipinski definition) is 5. The number of rotatable bonds is 4. The minimum absolute atomic E-state index is 0.00620. The van der Waals surface area contributed by atoms with Crippen molar-refractivity contribution in [2.24, 2.45) is 0 Å². The van der Waals surface area contributed by atoms with E-state index in [1.807, 2.05) is 6.92 Å². The van der Waals surface area contributed by atoms with Crippen molar-refractivity contribution in [3.8, 4) is 5.75 Å². The number of nitro groups is 1. The Kier molecular flexibility index (Phi) is 4.95. The second-order valence-electron chi connectivity index (χ2n) is 4.83. The summed E-state index contributed by atoms with van der Waals surface area (Å²) in [5.41, 5.74) is 0.374. The number of aromatic hydroxyl groups is 1. The van der Waals surface area contributed by atoms with Gasteiger partial charge in [-0.25, -0.2) is 0 Å². The van der Waals surface area contributed by atoms with E-state index in [1.54, 1.807) is 6.07 Å². The first-order valence-electron chi connectivity index (χ1n) is 6.66. The molecule has 1 heterocycles. The van der Waals surface area contributed by atoms with Gasteiger partial charge in [0.25, 0.3) is 0 Å². The number of hydrogen-bond donors (Lipinski definition) is 2. The number of nitrogens with one attached hydrogen (secondary N) is 1. The highest BCUT2D eigenvalue weighted by molar-refractivity contribution is 9.10. The molecule has 110 valence electrons. The van der Waals surface area contributed by atoms with Crippen LogP contribution in [0, 0.1) is 10.1 Å². The van der Waals surface area contributed by atoms with Gasteiger partial charge in [0.05, 0.1) is 4.92 Å². The standard InChI is InChI=1S/C13H18BrN3O3/c1-2-11(16-5-3-15-4-6-16)10-7-9(14)8-12(13(10)18)17(19)20/h7-8,11,15,18H,2-6H2,1H3/t11-/m1/s1. The summed E-state index contributed by atoms with van der Waals surface area (Å²) in [5.74, 6) is -0.219. The Balaban J connectivity index is 2.40. The van der Waals surface area contributed by atoms with Crippen molar-refractivity contribution in [1.29, 1.82) is 0 Å². The third-order valence-corrected chi connectivity index (χ3v) is 4.08. The van der Waals surface area contributed by atoms with Crippen molar-refractivity contribution in [2.45, 2.75) is 19.4 Å². The Bertz CT molecular complexity index is 504. The lowest BCUT2D eigenvalue weighted by molar-refractivity contribution is -0.386. The highest BCUT2D eigenvalue weighted by atomic mass is 79.9. The van der Waals surface area contributed by atoms with Crippen LogP contribution in [0.5, 0.6) is 5.75 Å². The first-order valence-corrected chi connectivity index (χ1v) is 7.45. The summed E-state index contributed by atoms with van der Waals surface area (Å²) in [5, 5.41) is 24.5. The number of piperazine rings is 1. The van der Waals surface area contributed by atoms with Gasteiger partial charge < -0.3 is 10.4 Å². The van der Waals surface area contributed by atoms with Crippen LogP contribution in [0.3, 0.4) is 0 Å². The fourth-order valence-electron chi connectivity index (χ4n) is 2.67. The molecule has 0 saturated carbocycles. The molecular formula is C13H18BrN3O3. The molecule has 1 fully saturated rings. The number of phenolic OH excluding ortho intramolecular Hbond substituents is 1. The minimum atomic E-state index is -0.548. The Morgan fingerprint density at radius 3 is 2.70 bits per heavy atom. The molecule has 0 spiro atoms. The predicted octanol–water partition coefficient (Wildman–Crippen LogP) is 2.42. The van der Waals surface area contributed by atoms with E-state index in [2.05, 4.69) is 26.1 Å². The Labute approximate surface area is 126 Å². The lowest BCUT2D eigenvalue weighted by Gasteiger charge is -2.34. The zero-order chi connectivity index (χ0) is 14.7. The molecule has 0 radical (unpaired) electrons. The number of nitro benzene ring substituents is 1. The summed E-state index contributed by atoms with van der Waals surface area (Å²) in [6.45, 7) is 5.57. The molecule has 2 N–H and O–H groups in total. The third kappa shape index (κ3) is 3.11. The Morgan fingerprint density at radius 2 is 2.15 bits per heavy atom. The summed E-state index contributed by atoms with van der Waals surface area (Å²) in [6, 6.07) is 3.11. The molecule has 1 aliphatic heterocycles. The van der Waals surface area contributed by atoms with Gasteiger partial charge >= 0.3 is 5.69 Å². The molecule has 0 unspecified atom stereocenters. The molecule has 7 heteroatoms. The molecule has 0 amide bonds. The Hall–Kier alpha value is -1.18. The van der Waals surface area contributed by atoms with E-state index in [4.69, 9.17) is 0 Å². The highest BCUT2D eigenvalue weighted by Crippen LogP contribution is 2.39. The summed E-state index contributed by atoms with van der Waals surface area (Å²) in [4.78, 5) is 12.7. The van der Waals surface area contributed by atoms with Gasteiger partial charge in [-0.15, -0.1) is 0 Å². The van der Waals surface area contributed by atoms with Crippen LogP contribution in [-0.2, 0) is 0 Å². The zero-order valence-corrected chi connectivity index (χ0v) is 12.9. The molecular weight excluding hydrogens is 326 g/mol. The first-order chi connectivity index (χ1) is 9.54. The fraction of sp³-hybridized carbons (Fsp3) is 0.538. The van der Waals surface area contributed by atoms with E-state index in [9.17, 15) is 15.2 Å². The molecule has 1 aromatic carbocycles. The van der Waals surface area contributed by atoms with Crippen molar-refractivity contribution in [1.82, 2.24) is 10.2 Å². The smallest absolute Gasteiger partial charge is 0.312 e. The number of halogens is 1. The van der Waals surface area contributed by atoms with Gasteiger partial charge in [-0.05, 0) is 12.5 Å². The number of benzene rings is 1. The van der Waals surface area contributed by atoms with Crippen molar-refractivity contribution in [2.75, 3.05) is 26.2 Å². The fourth-order valence-corrected chi connectivity index (χ4v) is 3.13. The van der Waals surface area contributed by atoms with Crippen LogP contribution in [0.25, 0.3) is 0 Å². The van der Waals surface area contributed by atoms with E-state index in [0.29, 0.717) is 10.0 Å². The normalized spacial score (nSPS) is 17.9. The lowest BCUT2D eigenvalue weighted by Crippen LogP contribution is -2.45. The van der Waals surface area contributed by atoms with Gasteiger partial charge in [0, 0.05) is 48.3 Å². The van der Waals surface area contributed by atoms with Crippen LogP contribution in [0.15, 0.2) is 16.6 Å². The van der Waals surface area contributed by atoms with Crippen molar-refractivity contribution < 1.29 is 10.0 Å². The van der Waals surface area contributed by atoms with E-state index in [-0.39, 0.29) is 17.5 Å². The van der Waals surface area contributed by atoms with Gasteiger partial charge in [0.2, 0.25) is 0 Å². The summed E-state index contributed by atoms with van der Waals surface area (Å²) < 4.78 is 0.616. The average Bonchev–Trinajstić information content (AvgIpc) is 2.44. The molecule has 0 aromatic heterocycles. The van der Waals surface area contributed by atoms with Gasteiger partial charge in [-0.1, -0.05) is 22.9 Å². The molecule has 0 bridgehead atoms. The highest BCUT2D eigenvalue weighted by Gasteiger charge is 2.27. The van der Waals surface area contributed by atoms with Crippen molar-refractivity contribution >= 4 is 21.6 Å². The van der Waals surface area contributed by atoms with Crippen LogP contribution >= 0.6 is 15.9 Å². The third-order valence-electron chi connectivity index (χ3n) is 3.62. The van der Waals surface area contributed by atoms with Gasteiger partial charge in [0.15, 0.2) is 5.75 Å². The molecule has 2 rings (SSSR count). The zero-order valence-electron chi connectivity index (χ0n) is 11.3. The monoisotopic (exact) mass is 343 g/mol. The quantitative estimate of drug-likeness (QED) is 0.648. The first kappa shape index (κ1) is 15.2. The van der Waals surface area contributed by atoms with Crippen LogP contribution in [0.4, 0.5) is 5.69 Å². The van der Waals surface area contributed by atoms with Crippen molar-refractivity contribution in [3.05, 3.63) is 32.3 Å². The molecule has 1 atom stereocenters. The van der Waals surface area contributed by atoms with E-state index in [0.717, 1.165) is 32.6 Å². The van der Waals surface area contributed by atoms with Crippen LogP contribution in [-0.4, -0.2) is 41.1 Å². The molecule has 0 aliphatic carbocycles. The second kappa shape index (κ2) is 6.51. The lowest BCUT2D eigenvalue weighted by atomic mass is 10.00. The number of phenols is 1. The van der Waals surface area contributed by atoms with E-state index < -0.39 is 4.92 Å². The summed E-state index contributed by atoms with van der Waals surface area (Å²) >= 11 is 3.29. The minimum Gasteiger partial charge on any atom is -0.502 e. The predicted molar refractivity (Wildman–Crippen MR) is 79.9 cm³/mol. The summed E-state index contributed by atoms with van der Waals surface area (Å²) in [6.07, 6.45) is 0.793. The van der Waals surface area contributed by atoms with Gasteiger partial charge in [-0.2, -0.15) is 0 Å². The maximum Gasteiger partial charge on any atom is 0.312 e. The van der Waals surface area contributed by atoms with Crippen molar-refractivity contribution in [3.63, 3.8) is 0 Å². The molecule has 1 saturated heterocycles. The molecule has 1 aliphatic rings. The second-order valence-corrected chi connectivity index (χ2v) is 5.75. The average molecular weight is 344 g/mol. The van der Waals surface area contributed by atoms with E-state index >= 15 is 0 Å². The maximum absolute atomic E-state index is 11.0. The summed E-state index contributed by atoms with van der Waals surface area (Å²) in [7, 11) is 0. The van der Waals surface area contributed by atoms with Crippen LogP contribution in [0.2, 0.25) is 0 Å². The van der Waals surface area contributed by atoms with E-state index in [1.165, 1.54) is 6.07 Å². The number of nitrogens with zero attached hydrogens (tertiary/aromatic N) is 2. The van der Waals surface area contributed by atoms with Crippen LogP contribution in [0.1, 0.15) is 24.9 Å². The van der Waals surface area contributed by atoms with Crippen LogP contribution < -0.4 is 5.32 Å². The topological polar surface area (TPSA) is 78.6 Å². The Morgan fingerprint density at radius 1 is 1.50 bits per heavy atom. The SMILES string of the molecule is CC[C@H](c1cc(Br)cc([N+](=O)[O-])c1O)N1CCNCC1. The molecule has 20 heavy (non-hydrogen) atoms. The molecule has 6 nitrogen and oxygen atoms in total. The largest absolute Gasteiger partial charge is 0.502 e.